The van der Waals surface area contributed by atoms with E-state index in [0.717, 1.165) is 24.2 Å². The minimum atomic E-state index is 0.0216. The Hall–Kier alpha value is -1.89. The second kappa shape index (κ2) is 6.04. The van der Waals surface area contributed by atoms with Crippen molar-refractivity contribution in [1.29, 1.82) is 0 Å². The molecule has 0 atom stereocenters. The number of nitrogens with two attached hydrogens (primary N) is 1. The maximum atomic E-state index is 11.9. The van der Waals surface area contributed by atoms with Crippen molar-refractivity contribution < 1.29 is 4.79 Å². The minimum absolute atomic E-state index is 0.0216. The molecule has 7 nitrogen and oxygen atoms in total. The second-order valence-corrected chi connectivity index (χ2v) is 5.13. The number of aryl methyl sites for hydroxylation is 1. The predicted octanol–water partition coefficient (Wildman–Crippen LogP) is 0.348. The van der Waals surface area contributed by atoms with Gasteiger partial charge in [0.15, 0.2) is 0 Å². The van der Waals surface area contributed by atoms with Gasteiger partial charge < -0.3 is 15.6 Å². The van der Waals surface area contributed by atoms with Crippen molar-refractivity contribution >= 4 is 17.5 Å². The van der Waals surface area contributed by atoms with Crippen molar-refractivity contribution in [3.05, 3.63) is 11.4 Å². The summed E-state index contributed by atoms with van der Waals surface area (Å²) in [4.78, 5) is 22.5. The molecular weight excluding hydrogens is 256 g/mol. The van der Waals surface area contributed by atoms with E-state index in [0.29, 0.717) is 24.1 Å². The Morgan fingerprint density at radius 1 is 1.45 bits per heavy atom. The smallest absolute Gasteiger partial charge is 0.239 e. The summed E-state index contributed by atoms with van der Waals surface area (Å²) >= 11 is 0. The lowest BCUT2D eigenvalue weighted by atomic mass is 10.2. The van der Waals surface area contributed by atoms with E-state index in [1.165, 1.54) is 0 Å². The zero-order chi connectivity index (χ0) is 14.7. The van der Waals surface area contributed by atoms with Crippen LogP contribution in [0.4, 0.5) is 11.6 Å². The molecule has 1 saturated carbocycles. The number of carbonyl (C=O) groups excluding carboxylic acids is 1. The topological polar surface area (TPSA) is 96.2 Å². The van der Waals surface area contributed by atoms with E-state index >= 15 is 0 Å². The molecule has 1 fully saturated rings. The van der Waals surface area contributed by atoms with Crippen molar-refractivity contribution in [2.45, 2.75) is 39.2 Å². The van der Waals surface area contributed by atoms with Crippen LogP contribution >= 0.6 is 0 Å². The van der Waals surface area contributed by atoms with Gasteiger partial charge in [-0.05, 0) is 19.8 Å². The fraction of sp³-hybridized carbons (Fsp3) is 0.615. The Labute approximate surface area is 118 Å². The number of nitrogens with one attached hydrogen (secondary N) is 2. The Balaban J connectivity index is 2.14. The average Bonchev–Trinajstić information content (AvgIpc) is 3.22. The Morgan fingerprint density at radius 2 is 2.15 bits per heavy atom. The zero-order valence-electron chi connectivity index (χ0n) is 12.2. The summed E-state index contributed by atoms with van der Waals surface area (Å²) in [7, 11) is 1.85. The molecule has 2 rings (SSSR count). The van der Waals surface area contributed by atoms with Gasteiger partial charge >= 0.3 is 0 Å². The number of hydrazine groups is 1. The van der Waals surface area contributed by atoms with Crippen molar-refractivity contribution in [2.75, 3.05) is 23.9 Å². The molecule has 0 aromatic carbocycles. The van der Waals surface area contributed by atoms with Gasteiger partial charge in [-0.15, -0.1) is 0 Å². The Kier molecular flexibility index (Phi) is 4.39. The van der Waals surface area contributed by atoms with Gasteiger partial charge in [-0.25, -0.2) is 15.8 Å². The Morgan fingerprint density at radius 3 is 2.70 bits per heavy atom. The Bertz CT molecular complexity index is 500. The van der Waals surface area contributed by atoms with E-state index in [1.54, 1.807) is 0 Å². The predicted molar refractivity (Wildman–Crippen MR) is 78.4 cm³/mol. The van der Waals surface area contributed by atoms with E-state index < -0.39 is 0 Å². The molecule has 0 aliphatic heterocycles. The van der Waals surface area contributed by atoms with Crippen molar-refractivity contribution in [1.82, 2.24) is 15.3 Å². The van der Waals surface area contributed by atoms with Gasteiger partial charge in [-0.3, -0.25) is 4.79 Å². The van der Waals surface area contributed by atoms with Gasteiger partial charge in [0.25, 0.3) is 0 Å². The second-order valence-electron chi connectivity index (χ2n) is 5.13. The summed E-state index contributed by atoms with van der Waals surface area (Å²) in [5, 5.41) is 2.97. The number of amides is 1. The normalized spacial score (nSPS) is 14.0. The van der Waals surface area contributed by atoms with E-state index in [-0.39, 0.29) is 12.5 Å². The van der Waals surface area contributed by atoms with Crippen LogP contribution in [0, 0.1) is 6.92 Å². The lowest BCUT2D eigenvalue weighted by Gasteiger charge is -2.21. The molecule has 1 aromatic rings. The SMILES string of the molecule is CCc1nc(NN)c(C)c(N(C)CC(=O)NC2CC2)n1. The first-order valence-electron chi connectivity index (χ1n) is 6.89. The van der Waals surface area contributed by atoms with Crippen LogP contribution in [0.2, 0.25) is 0 Å². The van der Waals surface area contributed by atoms with Gasteiger partial charge in [-0.2, -0.15) is 0 Å². The molecule has 20 heavy (non-hydrogen) atoms. The van der Waals surface area contributed by atoms with Gasteiger partial charge in [0.1, 0.15) is 17.5 Å². The van der Waals surface area contributed by atoms with E-state index in [9.17, 15) is 4.79 Å². The zero-order valence-corrected chi connectivity index (χ0v) is 12.2. The number of nitrogens with zero attached hydrogens (tertiary/aromatic N) is 3. The molecule has 4 N–H and O–H groups in total. The first kappa shape index (κ1) is 14.5. The maximum Gasteiger partial charge on any atom is 0.239 e. The van der Waals surface area contributed by atoms with Gasteiger partial charge in [0, 0.05) is 25.1 Å². The first-order chi connectivity index (χ1) is 9.55. The molecule has 1 aliphatic rings. The van der Waals surface area contributed by atoms with E-state index in [4.69, 9.17) is 5.84 Å². The summed E-state index contributed by atoms with van der Waals surface area (Å²) in [5.74, 6) is 7.53. The van der Waals surface area contributed by atoms with Crippen LogP contribution in [0.5, 0.6) is 0 Å². The van der Waals surface area contributed by atoms with Crippen LogP contribution in [0.15, 0.2) is 0 Å². The number of hydrogen-bond acceptors (Lipinski definition) is 6. The molecular formula is C13H22N6O. The molecule has 0 bridgehead atoms. The molecule has 1 amide bonds. The van der Waals surface area contributed by atoms with Crippen LogP contribution in [0.25, 0.3) is 0 Å². The molecule has 1 heterocycles. The average molecular weight is 278 g/mol. The number of nitrogen functional groups attached to an aromatic ring is 1. The fourth-order valence-corrected chi connectivity index (χ4v) is 2.01. The number of anilines is 2. The van der Waals surface area contributed by atoms with Crippen LogP contribution in [-0.4, -0.2) is 35.5 Å². The molecule has 0 unspecified atom stereocenters. The number of rotatable bonds is 6. The lowest BCUT2D eigenvalue weighted by Crippen LogP contribution is -2.37. The van der Waals surface area contributed by atoms with Crippen LogP contribution < -0.4 is 21.5 Å². The number of aromatic nitrogens is 2. The van der Waals surface area contributed by atoms with Crippen molar-refractivity contribution in [3.8, 4) is 0 Å². The molecule has 7 heteroatoms. The minimum Gasteiger partial charge on any atom is -0.352 e. The highest BCUT2D eigenvalue weighted by Gasteiger charge is 2.24. The highest BCUT2D eigenvalue weighted by Crippen LogP contribution is 2.22. The third-order valence-corrected chi connectivity index (χ3v) is 3.30. The summed E-state index contributed by atoms with van der Waals surface area (Å²) in [6.07, 6.45) is 2.89. The summed E-state index contributed by atoms with van der Waals surface area (Å²) in [5.41, 5.74) is 3.42. The lowest BCUT2D eigenvalue weighted by molar-refractivity contribution is -0.119. The standard InChI is InChI=1S/C13H22N6O/c1-4-10-16-12(18-14)8(2)13(17-10)19(3)7-11(20)15-9-5-6-9/h9H,4-7,14H2,1-3H3,(H,15,20)(H,16,17,18). The third kappa shape index (κ3) is 3.36. The van der Waals surface area contributed by atoms with Crippen molar-refractivity contribution in [2.24, 2.45) is 5.84 Å². The van der Waals surface area contributed by atoms with Crippen LogP contribution in [0.1, 0.15) is 31.2 Å². The van der Waals surface area contributed by atoms with Crippen molar-refractivity contribution in [3.63, 3.8) is 0 Å². The largest absolute Gasteiger partial charge is 0.352 e. The molecule has 0 radical (unpaired) electrons. The van der Waals surface area contributed by atoms with Gasteiger partial charge in [-0.1, -0.05) is 6.92 Å². The molecule has 110 valence electrons. The van der Waals surface area contributed by atoms with Crippen LogP contribution in [0.3, 0.4) is 0 Å². The highest BCUT2D eigenvalue weighted by atomic mass is 16.2. The van der Waals surface area contributed by atoms with Crippen LogP contribution in [-0.2, 0) is 11.2 Å². The number of carbonyl (C=O) groups is 1. The number of likely N-dealkylation sites (N-methyl/N-ethyl adjacent to an activating group) is 1. The van der Waals surface area contributed by atoms with Gasteiger partial charge in [0.05, 0.1) is 6.54 Å². The monoisotopic (exact) mass is 278 g/mol. The maximum absolute atomic E-state index is 11.9. The third-order valence-electron chi connectivity index (χ3n) is 3.30. The quantitative estimate of drug-likeness (QED) is 0.513. The first-order valence-corrected chi connectivity index (χ1v) is 6.89. The number of hydrogen-bond donors (Lipinski definition) is 3. The molecule has 0 spiro atoms. The summed E-state index contributed by atoms with van der Waals surface area (Å²) in [6, 6.07) is 0.370. The van der Waals surface area contributed by atoms with E-state index in [2.05, 4.69) is 20.7 Å². The van der Waals surface area contributed by atoms with E-state index in [1.807, 2.05) is 25.8 Å². The van der Waals surface area contributed by atoms with Gasteiger partial charge in [0.2, 0.25) is 5.91 Å². The molecule has 1 aromatic heterocycles. The summed E-state index contributed by atoms with van der Waals surface area (Å²) < 4.78 is 0. The molecule has 1 aliphatic carbocycles. The highest BCUT2D eigenvalue weighted by molar-refractivity contribution is 5.82. The molecule has 0 saturated heterocycles. The fourth-order valence-electron chi connectivity index (χ4n) is 2.01. The summed E-state index contributed by atoms with van der Waals surface area (Å²) in [6.45, 7) is 4.15.